The molecule has 3 heterocycles. The lowest BCUT2D eigenvalue weighted by molar-refractivity contribution is 0.321. The number of aromatic amines is 1. The average molecular weight is 416 g/mol. The Hall–Kier alpha value is -3.45. The first-order valence-corrected chi connectivity index (χ1v) is 10.7. The van der Waals surface area contributed by atoms with E-state index in [0.717, 1.165) is 51.4 Å². The average Bonchev–Trinajstić information content (AvgIpc) is 3.37. The Kier molecular flexibility index (Phi) is 4.80. The summed E-state index contributed by atoms with van der Waals surface area (Å²) in [6.07, 6.45) is 4.37. The molecule has 0 saturated heterocycles. The van der Waals surface area contributed by atoms with Gasteiger partial charge in [-0.3, -0.25) is 0 Å². The van der Waals surface area contributed by atoms with E-state index in [0.29, 0.717) is 6.61 Å². The lowest BCUT2D eigenvalue weighted by atomic mass is 10.1. The Balaban J connectivity index is 1.39. The van der Waals surface area contributed by atoms with E-state index in [-0.39, 0.29) is 0 Å². The van der Waals surface area contributed by atoms with Crippen LogP contribution in [0.2, 0.25) is 0 Å². The fourth-order valence-corrected chi connectivity index (χ4v) is 4.29. The zero-order valence-electron chi connectivity index (χ0n) is 16.8. The highest BCUT2D eigenvalue weighted by Crippen LogP contribution is 2.30. The van der Waals surface area contributed by atoms with E-state index in [1.807, 2.05) is 24.7 Å². The topological polar surface area (TPSA) is 75.7 Å². The van der Waals surface area contributed by atoms with Gasteiger partial charge < -0.3 is 15.0 Å². The number of hydrogen-bond acceptors (Lipinski definition) is 6. The van der Waals surface area contributed by atoms with Gasteiger partial charge in [0, 0.05) is 40.2 Å². The number of H-pyrrole nitrogens is 1. The molecule has 6 nitrogen and oxygen atoms in total. The lowest BCUT2D eigenvalue weighted by Crippen LogP contribution is -2.03. The second kappa shape index (κ2) is 7.76. The van der Waals surface area contributed by atoms with E-state index < -0.39 is 0 Å². The van der Waals surface area contributed by atoms with Crippen LogP contribution < -0.4 is 10.1 Å². The number of nitrogens with one attached hydrogen (secondary N) is 2. The van der Waals surface area contributed by atoms with Gasteiger partial charge in [-0.25, -0.2) is 15.0 Å². The van der Waals surface area contributed by atoms with Crippen LogP contribution in [0.15, 0.2) is 54.4 Å². The molecule has 0 fully saturated rings. The van der Waals surface area contributed by atoms with Crippen molar-refractivity contribution in [2.75, 3.05) is 11.9 Å². The zero-order chi connectivity index (χ0) is 20.5. The minimum atomic E-state index is 0.613. The number of ether oxygens (including phenoxy) is 1. The third kappa shape index (κ3) is 3.59. The SMILES string of the molecule is Cc1cc2c(Nc3ccc4cc[nH]c4c3)ncnc2cc1OCCc1scnc1C. The van der Waals surface area contributed by atoms with E-state index in [4.69, 9.17) is 4.74 Å². The molecule has 0 aliphatic carbocycles. The molecule has 0 saturated carbocycles. The van der Waals surface area contributed by atoms with Gasteiger partial charge in [0.15, 0.2) is 0 Å². The molecule has 3 aromatic heterocycles. The molecule has 0 spiro atoms. The van der Waals surface area contributed by atoms with Gasteiger partial charge in [-0.2, -0.15) is 0 Å². The summed E-state index contributed by atoms with van der Waals surface area (Å²) in [5, 5.41) is 5.57. The minimum Gasteiger partial charge on any atom is -0.493 e. The van der Waals surface area contributed by atoms with Crippen molar-refractivity contribution in [3.8, 4) is 5.75 Å². The summed E-state index contributed by atoms with van der Waals surface area (Å²) in [7, 11) is 0. The van der Waals surface area contributed by atoms with E-state index >= 15 is 0 Å². The van der Waals surface area contributed by atoms with Crippen LogP contribution in [0.3, 0.4) is 0 Å². The minimum absolute atomic E-state index is 0.613. The fourth-order valence-electron chi connectivity index (χ4n) is 3.53. The number of benzene rings is 2. The molecule has 0 amide bonds. The van der Waals surface area contributed by atoms with Crippen molar-refractivity contribution in [2.45, 2.75) is 20.3 Å². The van der Waals surface area contributed by atoms with Crippen molar-refractivity contribution in [3.05, 3.63) is 70.6 Å². The number of rotatable bonds is 6. The third-order valence-electron chi connectivity index (χ3n) is 5.18. The molecule has 0 bridgehead atoms. The number of hydrogen-bond donors (Lipinski definition) is 2. The summed E-state index contributed by atoms with van der Waals surface area (Å²) in [5.74, 6) is 1.63. The predicted molar refractivity (Wildman–Crippen MR) is 122 cm³/mol. The Morgan fingerprint density at radius 2 is 2.00 bits per heavy atom. The van der Waals surface area contributed by atoms with Gasteiger partial charge >= 0.3 is 0 Å². The number of aromatic nitrogens is 4. The van der Waals surface area contributed by atoms with Crippen LogP contribution in [0.25, 0.3) is 21.8 Å². The summed E-state index contributed by atoms with van der Waals surface area (Å²) < 4.78 is 6.06. The Morgan fingerprint density at radius 1 is 1.07 bits per heavy atom. The molecule has 2 N–H and O–H groups in total. The normalized spacial score (nSPS) is 11.3. The van der Waals surface area contributed by atoms with Crippen molar-refractivity contribution in [1.82, 2.24) is 19.9 Å². The van der Waals surface area contributed by atoms with Gasteiger partial charge in [-0.15, -0.1) is 11.3 Å². The third-order valence-corrected chi connectivity index (χ3v) is 6.18. The van der Waals surface area contributed by atoms with Crippen LogP contribution in [0.1, 0.15) is 16.1 Å². The van der Waals surface area contributed by atoms with E-state index in [2.05, 4.69) is 62.5 Å². The molecule has 0 atom stereocenters. The smallest absolute Gasteiger partial charge is 0.141 e. The van der Waals surface area contributed by atoms with Crippen LogP contribution in [-0.4, -0.2) is 26.5 Å². The highest BCUT2D eigenvalue weighted by Gasteiger charge is 2.10. The van der Waals surface area contributed by atoms with E-state index in [1.165, 1.54) is 10.3 Å². The van der Waals surface area contributed by atoms with Gasteiger partial charge in [0.05, 0.1) is 23.3 Å². The van der Waals surface area contributed by atoms with Crippen LogP contribution >= 0.6 is 11.3 Å². The second-order valence-electron chi connectivity index (χ2n) is 7.22. The monoisotopic (exact) mass is 415 g/mol. The molecule has 0 aliphatic rings. The number of fused-ring (bicyclic) bond motifs is 2. The molecule has 150 valence electrons. The standard InChI is InChI=1S/C23H21N5OS/c1-14-9-18-20(11-21(14)29-8-6-22-15(2)27-13-30-22)25-12-26-23(18)28-17-4-3-16-5-7-24-19(16)10-17/h3-5,7,9-13,24H,6,8H2,1-2H3,(H,25,26,28). The molecule has 2 aromatic carbocycles. The Morgan fingerprint density at radius 3 is 2.87 bits per heavy atom. The summed E-state index contributed by atoms with van der Waals surface area (Å²) in [4.78, 5) is 17.7. The summed E-state index contributed by atoms with van der Waals surface area (Å²) in [6.45, 7) is 4.70. The second-order valence-corrected chi connectivity index (χ2v) is 8.16. The zero-order valence-corrected chi connectivity index (χ0v) is 17.6. The first kappa shape index (κ1) is 18.6. The van der Waals surface area contributed by atoms with Crippen molar-refractivity contribution in [1.29, 1.82) is 0 Å². The maximum absolute atomic E-state index is 6.06. The molecule has 5 aromatic rings. The lowest BCUT2D eigenvalue weighted by Gasteiger charge is -2.13. The molecule has 0 radical (unpaired) electrons. The first-order chi connectivity index (χ1) is 14.7. The van der Waals surface area contributed by atoms with Crippen molar-refractivity contribution in [2.24, 2.45) is 0 Å². The maximum Gasteiger partial charge on any atom is 0.141 e. The van der Waals surface area contributed by atoms with Crippen LogP contribution in [-0.2, 0) is 6.42 Å². The van der Waals surface area contributed by atoms with Gasteiger partial charge in [0.25, 0.3) is 0 Å². The number of nitrogens with zero attached hydrogens (tertiary/aromatic N) is 3. The van der Waals surface area contributed by atoms with E-state index in [1.54, 1.807) is 17.7 Å². The van der Waals surface area contributed by atoms with Crippen LogP contribution in [0, 0.1) is 13.8 Å². The number of aryl methyl sites for hydroxylation is 2. The van der Waals surface area contributed by atoms with Gasteiger partial charge in [-0.05, 0) is 49.1 Å². The van der Waals surface area contributed by atoms with Gasteiger partial charge in [0.2, 0.25) is 0 Å². The predicted octanol–water partition coefficient (Wildman–Crippen LogP) is 5.55. The summed E-state index contributed by atoms with van der Waals surface area (Å²) in [6, 6.07) is 12.3. The molecule has 0 unspecified atom stereocenters. The van der Waals surface area contributed by atoms with E-state index in [9.17, 15) is 0 Å². The van der Waals surface area contributed by atoms with Crippen molar-refractivity contribution < 1.29 is 4.74 Å². The highest BCUT2D eigenvalue weighted by atomic mass is 32.1. The molecule has 7 heteroatoms. The largest absolute Gasteiger partial charge is 0.493 e. The Labute approximate surface area is 178 Å². The van der Waals surface area contributed by atoms with Crippen molar-refractivity contribution >= 4 is 44.6 Å². The summed E-state index contributed by atoms with van der Waals surface area (Å²) in [5.41, 5.74) is 6.93. The van der Waals surface area contributed by atoms with Gasteiger partial charge in [0.1, 0.15) is 17.9 Å². The molecule has 5 rings (SSSR count). The number of anilines is 2. The number of thiazole rings is 1. The molecule has 30 heavy (non-hydrogen) atoms. The van der Waals surface area contributed by atoms with Crippen molar-refractivity contribution in [3.63, 3.8) is 0 Å². The maximum atomic E-state index is 6.06. The summed E-state index contributed by atoms with van der Waals surface area (Å²) >= 11 is 1.67. The van der Waals surface area contributed by atoms with Gasteiger partial charge in [-0.1, -0.05) is 6.07 Å². The molecular formula is C23H21N5OS. The fraction of sp³-hybridized carbons (Fsp3) is 0.174. The van der Waals surface area contributed by atoms with Crippen LogP contribution in [0.4, 0.5) is 11.5 Å². The molecular weight excluding hydrogens is 394 g/mol. The quantitative estimate of drug-likeness (QED) is 0.380. The first-order valence-electron chi connectivity index (χ1n) is 9.79. The Bertz CT molecular complexity index is 1340. The highest BCUT2D eigenvalue weighted by molar-refractivity contribution is 7.09. The molecule has 0 aliphatic heterocycles. The van der Waals surface area contributed by atoms with Crippen LogP contribution in [0.5, 0.6) is 5.75 Å².